The fourth-order valence-corrected chi connectivity index (χ4v) is 5.43. The molecule has 0 spiro atoms. The van der Waals surface area contributed by atoms with Gasteiger partial charge in [0.25, 0.3) is 5.91 Å². The summed E-state index contributed by atoms with van der Waals surface area (Å²) in [5.41, 5.74) is 0.431. The maximum absolute atomic E-state index is 13.4. The van der Waals surface area contributed by atoms with Crippen LogP contribution < -0.4 is 5.32 Å². The molecule has 0 bridgehead atoms. The van der Waals surface area contributed by atoms with Gasteiger partial charge in [0.15, 0.2) is 0 Å². The van der Waals surface area contributed by atoms with E-state index in [1.807, 2.05) is 4.57 Å². The highest BCUT2D eigenvalue weighted by atomic mass is 19.1. The zero-order valence-corrected chi connectivity index (χ0v) is 16.7. The third-order valence-corrected chi connectivity index (χ3v) is 6.87. The average Bonchev–Trinajstić information content (AvgIpc) is 3.29. The van der Waals surface area contributed by atoms with Gasteiger partial charge in [0.2, 0.25) is 5.82 Å². The van der Waals surface area contributed by atoms with E-state index in [4.69, 9.17) is 0 Å². The number of nitrogens with one attached hydrogen (secondary N) is 1. The summed E-state index contributed by atoms with van der Waals surface area (Å²) in [6, 6.07) is 5.91. The van der Waals surface area contributed by atoms with Gasteiger partial charge in [-0.25, -0.2) is 4.39 Å². The molecule has 1 aromatic carbocycles. The number of nitrogens with zero attached hydrogens (tertiary/aromatic N) is 4. The molecule has 2 aromatic rings. The van der Waals surface area contributed by atoms with Gasteiger partial charge in [-0.15, -0.1) is 10.2 Å². The first-order chi connectivity index (χ1) is 14.2. The predicted molar refractivity (Wildman–Crippen MR) is 108 cm³/mol. The first-order valence-corrected chi connectivity index (χ1v) is 10.9. The summed E-state index contributed by atoms with van der Waals surface area (Å²) in [6.45, 7) is 4.25. The molecule has 6 nitrogen and oxygen atoms in total. The zero-order chi connectivity index (χ0) is 19.8. The number of hydrogen-bond acceptors (Lipinski definition) is 4. The van der Waals surface area contributed by atoms with Gasteiger partial charge in [0.05, 0.1) is 0 Å². The van der Waals surface area contributed by atoms with Crippen molar-refractivity contribution in [3.05, 3.63) is 41.7 Å². The van der Waals surface area contributed by atoms with Crippen LogP contribution in [0.5, 0.6) is 0 Å². The van der Waals surface area contributed by atoms with Gasteiger partial charge in [-0.3, -0.25) is 4.79 Å². The number of halogens is 1. The van der Waals surface area contributed by atoms with Crippen LogP contribution in [-0.4, -0.2) is 45.2 Å². The van der Waals surface area contributed by atoms with Crippen molar-refractivity contribution in [3.63, 3.8) is 0 Å². The molecule has 2 atom stereocenters. The van der Waals surface area contributed by atoms with E-state index >= 15 is 0 Å². The number of carbonyl (C=O) groups is 1. The monoisotopic (exact) mass is 397 g/mol. The Morgan fingerprint density at radius 3 is 2.76 bits per heavy atom. The van der Waals surface area contributed by atoms with Crippen LogP contribution >= 0.6 is 0 Å². The summed E-state index contributed by atoms with van der Waals surface area (Å²) in [5.74, 6) is 2.53. The second kappa shape index (κ2) is 7.86. The normalized spacial score (nSPS) is 24.9. The van der Waals surface area contributed by atoms with Crippen LogP contribution in [0.15, 0.2) is 24.3 Å². The highest BCUT2D eigenvalue weighted by molar-refractivity contribution is 6.01. The Kier molecular flexibility index (Phi) is 5.08. The molecule has 1 saturated carbocycles. The molecule has 1 amide bonds. The van der Waals surface area contributed by atoms with Crippen molar-refractivity contribution in [2.24, 2.45) is 17.8 Å². The van der Waals surface area contributed by atoms with E-state index in [2.05, 4.69) is 20.4 Å². The van der Waals surface area contributed by atoms with Crippen molar-refractivity contribution >= 4 is 11.6 Å². The Labute approximate surface area is 170 Å². The molecule has 5 rings (SSSR count). The minimum atomic E-state index is -0.377. The van der Waals surface area contributed by atoms with Crippen molar-refractivity contribution in [1.29, 1.82) is 0 Å². The summed E-state index contributed by atoms with van der Waals surface area (Å²) < 4.78 is 15.4. The summed E-state index contributed by atoms with van der Waals surface area (Å²) in [5, 5.41) is 11.2. The van der Waals surface area contributed by atoms with Gasteiger partial charge >= 0.3 is 0 Å². The Morgan fingerprint density at radius 2 is 1.93 bits per heavy atom. The Bertz CT molecular complexity index is 891. The third-order valence-electron chi connectivity index (χ3n) is 6.87. The van der Waals surface area contributed by atoms with E-state index < -0.39 is 0 Å². The highest BCUT2D eigenvalue weighted by Gasteiger charge is 2.39. The van der Waals surface area contributed by atoms with E-state index in [0.29, 0.717) is 23.3 Å². The summed E-state index contributed by atoms with van der Waals surface area (Å²) >= 11 is 0. The van der Waals surface area contributed by atoms with Crippen LogP contribution in [0.4, 0.5) is 10.1 Å². The zero-order valence-electron chi connectivity index (χ0n) is 16.7. The Morgan fingerprint density at radius 1 is 1.10 bits per heavy atom. The molecule has 154 valence electrons. The van der Waals surface area contributed by atoms with Crippen molar-refractivity contribution in [2.75, 3.05) is 25.0 Å². The molecule has 2 fully saturated rings. The van der Waals surface area contributed by atoms with E-state index in [-0.39, 0.29) is 11.7 Å². The molecule has 2 aliphatic heterocycles. The third kappa shape index (κ3) is 3.92. The average molecular weight is 397 g/mol. The maximum Gasteiger partial charge on any atom is 0.293 e. The molecule has 0 unspecified atom stereocenters. The Hall–Kier alpha value is -2.28. The SMILES string of the molecule is O=C(Nc1cccc(F)c1)c1nnc2n1C[C@@H]1CN(CC3CCCCC3)C[C@H]1C2. The van der Waals surface area contributed by atoms with E-state index in [1.165, 1.54) is 50.8 Å². The minimum absolute atomic E-state index is 0.327. The lowest BCUT2D eigenvalue weighted by Crippen LogP contribution is -2.31. The van der Waals surface area contributed by atoms with Crippen LogP contribution in [0, 0.1) is 23.6 Å². The van der Waals surface area contributed by atoms with Gasteiger partial charge in [0, 0.05) is 38.3 Å². The van der Waals surface area contributed by atoms with Crippen LogP contribution in [-0.2, 0) is 13.0 Å². The van der Waals surface area contributed by atoms with Crippen molar-refractivity contribution in [2.45, 2.75) is 45.1 Å². The van der Waals surface area contributed by atoms with Gasteiger partial charge in [-0.05, 0) is 48.8 Å². The fourth-order valence-electron chi connectivity index (χ4n) is 5.43. The Balaban J connectivity index is 1.25. The molecular weight excluding hydrogens is 369 g/mol. The number of amides is 1. The number of anilines is 1. The quantitative estimate of drug-likeness (QED) is 0.859. The van der Waals surface area contributed by atoms with Crippen molar-refractivity contribution in [3.8, 4) is 0 Å². The number of likely N-dealkylation sites (tertiary alicyclic amines) is 1. The lowest BCUT2D eigenvalue weighted by Gasteiger charge is -2.26. The number of rotatable bonds is 4. The maximum atomic E-state index is 13.4. The van der Waals surface area contributed by atoms with Crippen molar-refractivity contribution < 1.29 is 9.18 Å². The number of benzene rings is 1. The molecule has 1 aliphatic carbocycles. The van der Waals surface area contributed by atoms with Crippen LogP contribution in [0.25, 0.3) is 0 Å². The van der Waals surface area contributed by atoms with Crippen LogP contribution in [0.1, 0.15) is 48.5 Å². The standard InChI is InChI=1S/C22H28FN5O/c23-18-7-4-8-19(10-18)24-22(29)21-26-25-20-9-16-12-27(13-17(16)14-28(20)21)11-15-5-2-1-3-6-15/h4,7-8,10,15-17H,1-3,5-6,9,11-14H2,(H,24,29)/t16-,17+/m1/s1. The lowest BCUT2D eigenvalue weighted by atomic mass is 9.89. The second-order valence-electron chi connectivity index (χ2n) is 8.96. The molecule has 1 saturated heterocycles. The van der Waals surface area contributed by atoms with Gasteiger partial charge in [-0.1, -0.05) is 25.3 Å². The molecular formula is C22H28FN5O. The second-order valence-corrected chi connectivity index (χ2v) is 8.96. The molecule has 1 aromatic heterocycles. The minimum Gasteiger partial charge on any atom is -0.319 e. The van der Waals surface area contributed by atoms with Gasteiger partial charge in [0.1, 0.15) is 11.6 Å². The largest absolute Gasteiger partial charge is 0.319 e. The molecule has 29 heavy (non-hydrogen) atoms. The summed E-state index contributed by atoms with van der Waals surface area (Å²) in [7, 11) is 0. The molecule has 7 heteroatoms. The summed E-state index contributed by atoms with van der Waals surface area (Å²) in [6.07, 6.45) is 7.80. The van der Waals surface area contributed by atoms with E-state index in [0.717, 1.165) is 37.8 Å². The molecule has 0 radical (unpaired) electrons. The first kappa shape index (κ1) is 18.7. The molecule has 3 heterocycles. The fraction of sp³-hybridized carbons (Fsp3) is 0.591. The van der Waals surface area contributed by atoms with Crippen LogP contribution in [0.2, 0.25) is 0 Å². The number of hydrogen-bond donors (Lipinski definition) is 1. The number of fused-ring (bicyclic) bond motifs is 2. The number of aromatic nitrogens is 3. The van der Waals surface area contributed by atoms with E-state index in [9.17, 15) is 9.18 Å². The lowest BCUT2D eigenvalue weighted by molar-refractivity contribution is 0.100. The van der Waals surface area contributed by atoms with Gasteiger partial charge < -0.3 is 14.8 Å². The van der Waals surface area contributed by atoms with Crippen molar-refractivity contribution in [1.82, 2.24) is 19.7 Å². The topological polar surface area (TPSA) is 63.1 Å². The molecule has 3 aliphatic rings. The van der Waals surface area contributed by atoms with Crippen LogP contribution in [0.3, 0.4) is 0 Å². The molecule has 1 N–H and O–H groups in total. The number of carbonyl (C=O) groups excluding carboxylic acids is 1. The highest BCUT2D eigenvalue weighted by Crippen LogP contribution is 2.34. The van der Waals surface area contributed by atoms with E-state index in [1.54, 1.807) is 12.1 Å². The smallest absolute Gasteiger partial charge is 0.293 e. The first-order valence-electron chi connectivity index (χ1n) is 10.9. The predicted octanol–water partition coefficient (Wildman–Crippen LogP) is 3.35. The summed E-state index contributed by atoms with van der Waals surface area (Å²) in [4.78, 5) is 15.3. The van der Waals surface area contributed by atoms with Gasteiger partial charge in [-0.2, -0.15) is 0 Å².